The summed E-state index contributed by atoms with van der Waals surface area (Å²) in [6.45, 7) is 3.49. The van der Waals surface area contributed by atoms with Gasteiger partial charge in [-0.1, -0.05) is 28.1 Å². The van der Waals surface area contributed by atoms with Crippen LogP contribution in [0.3, 0.4) is 0 Å². The van der Waals surface area contributed by atoms with Crippen LogP contribution in [0.1, 0.15) is 44.2 Å². The molecule has 1 nitrogen and oxygen atoms in total. The average Bonchev–Trinajstić information content (AvgIpc) is 3.23. The molecule has 3 rings (SSSR count). The summed E-state index contributed by atoms with van der Waals surface area (Å²) in [4.78, 5) is 0. The number of nitrogens with one attached hydrogen (secondary N) is 1. The van der Waals surface area contributed by atoms with Crippen LogP contribution in [0.2, 0.25) is 0 Å². The van der Waals surface area contributed by atoms with Gasteiger partial charge in [-0.3, -0.25) is 0 Å². The maximum Gasteiger partial charge on any atom is 0.0292 e. The minimum absolute atomic E-state index is 0.461. The molecular weight excluding hydrogens is 286 g/mol. The fraction of sp³-hybridized carbons (Fsp3) is 0.625. The molecule has 0 saturated heterocycles. The number of halogens is 1. The van der Waals surface area contributed by atoms with Crippen molar-refractivity contribution in [2.75, 3.05) is 6.54 Å². The minimum atomic E-state index is 0.461. The van der Waals surface area contributed by atoms with Gasteiger partial charge in [0.05, 0.1) is 0 Å². The third-order valence-corrected chi connectivity index (χ3v) is 4.96. The van der Waals surface area contributed by atoms with E-state index in [0.29, 0.717) is 6.04 Å². The summed E-state index contributed by atoms with van der Waals surface area (Å²) in [6.07, 6.45) is 5.92. The van der Waals surface area contributed by atoms with Gasteiger partial charge in [-0.2, -0.15) is 0 Å². The van der Waals surface area contributed by atoms with Crippen molar-refractivity contribution < 1.29 is 0 Å². The maximum atomic E-state index is 3.75. The second kappa shape index (κ2) is 5.34. The monoisotopic (exact) mass is 307 g/mol. The van der Waals surface area contributed by atoms with E-state index in [4.69, 9.17) is 0 Å². The van der Waals surface area contributed by atoms with E-state index >= 15 is 0 Å². The highest BCUT2D eigenvalue weighted by Crippen LogP contribution is 2.48. The standard InChI is InChI=1S/C16H22BrN/c1-11(14-3-2-4-15(17)9-14)18-10-16(12-5-6-12)13-7-8-13/h2-4,9,11-13,16,18H,5-8,10H2,1H3. The summed E-state index contributed by atoms with van der Waals surface area (Å²) in [5.74, 6) is 3.04. The fourth-order valence-electron chi connectivity index (χ4n) is 2.97. The Hall–Kier alpha value is -0.340. The van der Waals surface area contributed by atoms with Crippen LogP contribution in [0.15, 0.2) is 28.7 Å². The lowest BCUT2D eigenvalue weighted by atomic mass is 9.97. The van der Waals surface area contributed by atoms with Crippen LogP contribution in [-0.2, 0) is 0 Å². The van der Waals surface area contributed by atoms with E-state index in [1.807, 2.05) is 0 Å². The van der Waals surface area contributed by atoms with Gasteiger partial charge in [-0.15, -0.1) is 0 Å². The van der Waals surface area contributed by atoms with Gasteiger partial charge in [-0.05, 0) is 74.6 Å². The molecule has 0 heterocycles. The SMILES string of the molecule is CC(NCC(C1CC1)C1CC1)c1cccc(Br)c1. The molecule has 2 fully saturated rings. The van der Waals surface area contributed by atoms with E-state index in [1.54, 1.807) is 0 Å². The lowest BCUT2D eigenvalue weighted by Crippen LogP contribution is -2.28. The minimum Gasteiger partial charge on any atom is -0.310 e. The zero-order chi connectivity index (χ0) is 12.5. The van der Waals surface area contributed by atoms with Crippen LogP contribution >= 0.6 is 15.9 Å². The number of hydrogen-bond donors (Lipinski definition) is 1. The van der Waals surface area contributed by atoms with Crippen LogP contribution in [-0.4, -0.2) is 6.54 Å². The Bertz CT molecular complexity index is 397. The highest BCUT2D eigenvalue weighted by molar-refractivity contribution is 9.10. The van der Waals surface area contributed by atoms with Crippen molar-refractivity contribution in [2.45, 2.75) is 38.6 Å². The van der Waals surface area contributed by atoms with Crippen molar-refractivity contribution in [3.63, 3.8) is 0 Å². The van der Waals surface area contributed by atoms with Crippen molar-refractivity contribution in [2.24, 2.45) is 17.8 Å². The summed E-state index contributed by atoms with van der Waals surface area (Å²) < 4.78 is 1.18. The Kier molecular flexibility index (Phi) is 3.76. The van der Waals surface area contributed by atoms with E-state index < -0.39 is 0 Å². The number of benzene rings is 1. The maximum absolute atomic E-state index is 3.75. The Morgan fingerprint density at radius 3 is 2.44 bits per heavy atom. The molecule has 1 N–H and O–H groups in total. The van der Waals surface area contributed by atoms with E-state index in [1.165, 1.54) is 42.3 Å². The van der Waals surface area contributed by atoms with Crippen molar-refractivity contribution in [1.29, 1.82) is 0 Å². The summed E-state index contributed by atoms with van der Waals surface area (Å²) in [6, 6.07) is 9.11. The average molecular weight is 308 g/mol. The van der Waals surface area contributed by atoms with Gasteiger partial charge in [-0.25, -0.2) is 0 Å². The Labute approximate surface area is 118 Å². The Morgan fingerprint density at radius 2 is 1.89 bits per heavy atom. The van der Waals surface area contributed by atoms with Crippen molar-refractivity contribution in [1.82, 2.24) is 5.32 Å². The molecule has 0 aromatic heterocycles. The van der Waals surface area contributed by atoms with Crippen molar-refractivity contribution in [3.05, 3.63) is 34.3 Å². The molecule has 0 bridgehead atoms. The molecule has 2 aliphatic rings. The second-order valence-corrected chi connectivity index (χ2v) is 6.94. The molecule has 1 atom stereocenters. The largest absolute Gasteiger partial charge is 0.310 e. The zero-order valence-corrected chi connectivity index (χ0v) is 12.6. The molecule has 2 saturated carbocycles. The van der Waals surface area contributed by atoms with Crippen LogP contribution < -0.4 is 5.32 Å². The predicted octanol–water partition coefficient (Wildman–Crippen LogP) is 4.54. The lowest BCUT2D eigenvalue weighted by molar-refractivity contribution is 0.362. The van der Waals surface area contributed by atoms with E-state index in [-0.39, 0.29) is 0 Å². The second-order valence-electron chi connectivity index (χ2n) is 6.02. The van der Waals surface area contributed by atoms with E-state index in [9.17, 15) is 0 Å². The quantitative estimate of drug-likeness (QED) is 0.814. The van der Waals surface area contributed by atoms with Gasteiger partial charge in [0.15, 0.2) is 0 Å². The number of rotatable bonds is 6. The van der Waals surface area contributed by atoms with Crippen LogP contribution in [0.25, 0.3) is 0 Å². The van der Waals surface area contributed by atoms with Crippen LogP contribution in [0, 0.1) is 17.8 Å². The zero-order valence-electron chi connectivity index (χ0n) is 11.0. The topological polar surface area (TPSA) is 12.0 Å². The molecule has 1 aromatic rings. The summed E-state index contributed by atoms with van der Waals surface area (Å²) >= 11 is 3.55. The molecule has 1 aromatic carbocycles. The summed E-state index contributed by atoms with van der Waals surface area (Å²) in [7, 11) is 0. The van der Waals surface area contributed by atoms with Gasteiger partial charge in [0.25, 0.3) is 0 Å². The van der Waals surface area contributed by atoms with E-state index in [0.717, 1.165) is 17.8 Å². The molecule has 0 amide bonds. The molecule has 0 aliphatic heterocycles. The van der Waals surface area contributed by atoms with Gasteiger partial charge >= 0.3 is 0 Å². The highest BCUT2D eigenvalue weighted by Gasteiger charge is 2.41. The molecule has 2 aliphatic carbocycles. The third kappa shape index (κ3) is 3.16. The molecule has 0 radical (unpaired) electrons. The van der Waals surface area contributed by atoms with Gasteiger partial charge in [0.1, 0.15) is 0 Å². The van der Waals surface area contributed by atoms with E-state index in [2.05, 4.69) is 52.4 Å². The van der Waals surface area contributed by atoms with Gasteiger partial charge in [0.2, 0.25) is 0 Å². The summed E-state index contributed by atoms with van der Waals surface area (Å²) in [5.41, 5.74) is 1.38. The number of hydrogen-bond acceptors (Lipinski definition) is 1. The molecule has 18 heavy (non-hydrogen) atoms. The van der Waals surface area contributed by atoms with Crippen molar-refractivity contribution in [3.8, 4) is 0 Å². The van der Waals surface area contributed by atoms with Gasteiger partial charge < -0.3 is 5.32 Å². The third-order valence-electron chi connectivity index (χ3n) is 4.46. The smallest absolute Gasteiger partial charge is 0.0292 e. The predicted molar refractivity (Wildman–Crippen MR) is 79.5 cm³/mol. The molecule has 2 heteroatoms. The first-order chi connectivity index (χ1) is 8.74. The van der Waals surface area contributed by atoms with Crippen LogP contribution in [0.5, 0.6) is 0 Å². The molecule has 0 spiro atoms. The fourth-order valence-corrected chi connectivity index (χ4v) is 3.39. The van der Waals surface area contributed by atoms with Crippen LogP contribution in [0.4, 0.5) is 0 Å². The highest BCUT2D eigenvalue weighted by atomic mass is 79.9. The first kappa shape index (κ1) is 12.7. The Morgan fingerprint density at radius 1 is 1.22 bits per heavy atom. The normalized spacial score (nSPS) is 21.3. The summed E-state index contributed by atoms with van der Waals surface area (Å²) in [5, 5.41) is 3.75. The van der Waals surface area contributed by atoms with Crippen molar-refractivity contribution >= 4 is 15.9 Å². The molecule has 98 valence electrons. The first-order valence-electron chi connectivity index (χ1n) is 7.23. The Balaban J connectivity index is 1.55. The first-order valence-corrected chi connectivity index (χ1v) is 8.02. The molecular formula is C16H22BrN. The van der Waals surface area contributed by atoms with Gasteiger partial charge in [0, 0.05) is 10.5 Å². The lowest BCUT2D eigenvalue weighted by Gasteiger charge is -2.20. The molecule has 1 unspecified atom stereocenters.